The zero-order valence-corrected chi connectivity index (χ0v) is 19.7. The third-order valence-electron chi connectivity index (χ3n) is 5.51. The smallest absolute Gasteiger partial charge is 0.194 e. The van der Waals surface area contributed by atoms with Crippen molar-refractivity contribution in [1.82, 2.24) is 15.1 Å². The van der Waals surface area contributed by atoms with Crippen molar-refractivity contribution in [3.05, 3.63) is 35.2 Å². The van der Waals surface area contributed by atoms with Crippen LogP contribution in [0, 0.1) is 5.92 Å². The second kappa shape index (κ2) is 10.8. The molecule has 1 aromatic heterocycles. The van der Waals surface area contributed by atoms with Crippen molar-refractivity contribution in [2.45, 2.75) is 19.9 Å². The Morgan fingerprint density at radius 2 is 2.07 bits per heavy atom. The van der Waals surface area contributed by atoms with Crippen molar-refractivity contribution in [2.24, 2.45) is 10.9 Å². The third kappa shape index (κ3) is 5.37. The number of thiophene rings is 1. The molecular formula is C21H31IN4OS. The minimum Gasteiger partial charge on any atom is -0.381 e. The molecule has 7 heteroatoms. The van der Waals surface area contributed by atoms with Gasteiger partial charge in [0.1, 0.15) is 0 Å². The van der Waals surface area contributed by atoms with Crippen molar-refractivity contribution >= 4 is 51.4 Å². The summed E-state index contributed by atoms with van der Waals surface area (Å²) in [4.78, 5) is 9.96. The predicted octanol–water partition coefficient (Wildman–Crippen LogP) is 3.64. The van der Waals surface area contributed by atoms with E-state index in [1.165, 1.54) is 28.6 Å². The number of aliphatic imine (C=N–C) groups is 1. The fourth-order valence-electron chi connectivity index (χ4n) is 3.98. The molecule has 2 aromatic rings. The fraction of sp³-hybridized carbons (Fsp3) is 0.571. The Kier molecular flexibility index (Phi) is 8.37. The standard InChI is InChI=1S/C21H30N4OS.HI/c1-2-22-21(23-13-18-16-27-20-6-4-3-5-19(18)20)25-10-8-24(9-11-25)14-17-7-12-26-15-17;/h3-6,16-17H,2,7-15H2,1H3,(H,22,23);1H. The van der Waals surface area contributed by atoms with E-state index in [9.17, 15) is 0 Å². The Morgan fingerprint density at radius 1 is 1.25 bits per heavy atom. The zero-order valence-electron chi connectivity index (χ0n) is 16.6. The van der Waals surface area contributed by atoms with Gasteiger partial charge in [-0.2, -0.15) is 0 Å². The van der Waals surface area contributed by atoms with Gasteiger partial charge in [0.25, 0.3) is 0 Å². The normalized spacial score (nSPS) is 21.1. The van der Waals surface area contributed by atoms with Gasteiger partial charge >= 0.3 is 0 Å². The number of hydrogen-bond acceptors (Lipinski definition) is 4. The highest BCUT2D eigenvalue weighted by Crippen LogP contribution is 2.26. The van der Waals surface area contributed by atoms with Gasteiger partial charge in [-0.1, -0.05) is 18.2 Å². The first-order valence-electron chi connectivity index (χ1n) is 10.1. The van der Waals surface area contributed by atoms with Crippen molar-refractivity contribution in [2.75, 3.05) is 52.5 Å². The summed E-state index contributed by atoms with van der Waals surface area (Å²) in [7, 11) is 0. The number of nitrogens with zero attached hydrogens (tertiary/aromatic N) is 3. The van der Waals surface area contributed by atoms with Gasteiger partial charge in [-0.3, -0.25) is 4.90 Å². The van der Waals surface area contributed by atoms with Crippen LogP contribution < -0.4 is 5.32 Å². The maximum absolute atomic E-state index is 5.52. The highest BCUT2D eigenvalue weighted by molar-refractivity contribution is 14.0. The van der Waals surface area contributed by atoms with Crippen LogP contribution in [0.2, 0.25) is 0 Å². The summed E-state index contributed by atoms with van der Waals surface area (Å²) in [5.41, 5.74) is 1.32. The number of nitrogens with one attached hydrogen (secondary N) is 1. The molecule has 1 N–H and O–H groups in total. The first kappa shape index (κ1) is 21.8. The molecule has 2 aliphatic rings. The molecule has 0 radical (unpaired) electrons. The van der Waals surface area contributed by atoms with Gasteiger partial charge in [-0.25, -0.2) is 4.99 Å². The molecule has 28 heavy (non-hydrogen) atoms. The third-order valence-corrected chi connectivity index (χ3v) is 6.52. The van der Waals surface area contributed by atoms with Gasteiger partial charge in [0, 0.05) is 50.6 Å². The summed E-state index contributed by atoms with van der Waals surface area (Å²) >= 11 is 1.81. The number of hydrogen-bond donors (Lipinski definition) is 1. The largest absolute Gasteiger partial charge is 0.381 e. The van der Waals surface area contributed by atoms with Crippen LogP contribution in [-0.2, 0) is 11.3 Å². The van der Waals surface area contributed by atoms with Crippen molar-refractivity contribution in [3.63, 3.8) is 0 Å². The van der Waals surface area contributed by atoms with Crippen molar-refractivity contribution < 1.29 is 4.74 Å². The van der Waals surface area contributed by atoms with E-state index in [0.717, 1.165) is 64.4 Å². The van der Waals surface area contributed by atoms with E-state index in [-0.39, 0.29) is 24.0 Å². The van der Waals surface area contributed by atoms with Crippen LogP contribution in [0.3, 0.4) is 0 Å². The lowest BCUT2D eigenvalue weighted by Gasteiger charge is -2.37. The summed E-state index contributed by atoms with van der Waals surface area (Å²) in [6.45, 7) is 11.2. The molecule has 1 atom stereocenters. The van der Waals surface area contributed by atoms with Crippen molar-refractivity contribution in [1.29, 1.82) is 0 Å². The number of guanidine groups is 1. The number of piperazine rings is 1. The zero-order chi connectivity index (χ0) is 18.5. The lowest BCUT2D eigenvalue weighted by atomic mass is 10.1. The molecule has 4 rings (SSSR count). The number of rotatable bonds is 5. The van der Waals surface area contributed by atoms with E-state index in [1.807, 2.05) is 11.3 Å². The monoisotopic (exact) mass is 514 g/mol. The molecule has 3 heterocycles. The van der Waals surface area contributed by atoms with E-state index in [4.69, 9.17) is 9.73 Å². The topological polar surface area (TPSA) is 40.1 Å². The molecule has 2 fully saturated rings. The predicted molar refractivity (Wildman–Crippen MR) is 129 cm³/mol. The molecule has 0 bridgehead atoms. The average Bonchev–Trinajstić information content (AvgIpc) is 3.36. The first-order valence-corrected chi connectivity index (χ1v) is 11.0. The summed E-state index contributed by atoms with van der Waals surface area (Å²) in [6.07, 6.45) is 1.22. The second-order valence-electron chi connectivity index (χ2n) is 7.44. The van der Waals surface area contributed by atoms with Gasteiger partial charge in [-0.15, -0.1) is 35.3 Å². The van der Waals surface area contributed by atoms with Crippen LogP contribution in [0.5, 0.6) is 0 Å². The van der Waals surface area contributed by atoms with Crippen LogP contribution in [-0.4, -0.2) is 68.2 Å². The van der Waals surface area contributed by atoms with E-state index in [0.29, 0.717) is 0 Å². The van der Waals surface area contributed by atoms with Gasteiger partial charge in [-0.05, 0) is 41.7 Å². The molecule has 1 aromatic carbocycles. The Labute approximate surface area is 189 Å². The molecule has 154 valence electrons. The number of fused-ring (bicyclic) bond motifs is 1. The van der Waals surface area contributed by atoms with Gasteiger partial charge in [0.15, 0.2) is 5.96 Å². The average molecular weight is 514 g/mol. The molecule has 1 unspecified atom stereocenters. The minimum atomic E-state index is 0. The maximum atomic E-state index is 5.52. The molecule has 5 nitrogen and oxygen atoms in total. The quantitative estimate of drug-likeness (QED) is 0.376. The van der Waals surface area contributed by atoms with Crippen molar-refractivity contribution in [3.8, 4) is 0 Å². The van der Waals surface area contributed by atoms with Crippen LogP contribution in [0.25, 0.3) is 10.1 Å². The molecular weight excluding hydrogens is 483 g/mol. The second-order valence-corrected chi connectivity index (χ2v) is 8.36. The minimum absolute atomic E-state index is 0. The number of halogens is 1. The van der Waals surface area contributed by atoms with E-state index in [1.54, 1.807) is 0 Å². The Hall–Kier alpha value is -0.900. The first-order chi connectivity index (χ1) is 13.3. The molecule has 2 saturated heterocycles. The molecule has 0 aliphatic carbocycles. The van der Waals surface area contributed by atoms with Crippen LogP contribution >= 0.6 is 35.3 Å². The molecule has 0 amide bonds. The maximum Gasteiger partial charge on any atom is 0.194 e. The Balaban J connectivity index is 0.00000225. The van der Waals surface area contributed by atoms with Gasteiger partial charge in [0.05, 0.1) is 13.2 Å². The number of ether oxygens (including phenoxy) is 1. The lowest BCUT2D eigenvalue weighted by molar-refractivity contribution is 0.139. The Morgan fingerprint density at radius 3 is 2.82 bits per heavy atom. The highest BCUT2D eigenvalue weighted by atomic mass is 127. The van der Waals surface area contributed by atoms with E-state index < -0.39 is 0 Å². The number of benzene rings is 1. The lowest BCUT2D eigenvalue weighted by Crippen LogP contribution is -2.53. The summed E-state index contributed by atoms with van der Waals surface area (Å²) < 4.78 is 6.87. The van der Waals surface area contributed by atoms with Gasteiger partial charge in [0.2, 0.25) is 0 Å². The molecule has 0 spiro atoms. The fourth-order valence-corrected chi connectivity index (χ4v) is 4.93. The summed E-state index contributed by atoms with van der Waals surface area (Å²) in [5, 5.41) is 7.08. The van der Waals surface area contributed by atoms with Crippen LogP contribution in [0.15, 0.2) is 34.6 Å². The van der Waals surface area contributed by atoms with Crippen LogP contribution in [0.1, 0.15) is 18.9 Å². The van der Waals surface area contributed by atoms with E-state index >= 15 is 0 Å². The van der Waals surface area contributed by atoms with Crippen LogP contribution in [0.4, 0.5) is 0 Å². The van der Waals surface area contributed by atoms with E-state index in [2.05, 4.69) is 51.7 Å². The molecule has 2 aliphatic heterocycles. The SMILES string of the molecule is CCNC(=NCc1csc2ccccc12)N1CCN(CC2CCOC2)CC1.I. The molecule has 0 saturated carbocycles. The highest BCUT2D eigenvalue weighted by Gasteiger charge is 2.24. The Bertz CT molecular complexity index is 767. The summed E-state index contributed by atoms with van der Waals surface area (Å²) in [6, 6.07) is 8.61. The summed E-state index contributed by atoms with van der Waals surface area (Å²) in [5.74, 6) is 1.78. The van der Waals surface area contributed by atoms with Gasteiger partial charge < -0.3 is 15.0 Å².